The van der Waals surface area contributed by atoms with Crippen LogP contribution in [0.25, 0.3) is 0 Å². The van der Waals surface area contributed by atoms with Crippen molar-refractivity contribution in [3.63, 3.8) is 0 Å². The zero-order valence-electron chi connectivity index (χ0n) is 14.7. The Labute approximate surface area is 152 Å². The lowest BCUT2D eigenvalue weighted by molar-refractivity contribution is 0.102. The van der Waals surface area contributed by atoms with E-state index in [0.29, 0.717) is 4.88 Å². The van der Waals surface area contributed by atoms with E-state index in [0.717, 1.165) is 34.8 Å². The highest BCUT2D eigenvalue weighted by Gasteiger charge is 2.16. The summed E-state index contributed by atoms with van der Waals surface area (Å²) in [6.45, 7) is 5.94. The van der Waals surface area contributed by atoms with Crippen LogP contribution >= 0.6 is 11.3 Å². The van der Waals surface area contributed by atoms with Crippen LogP contribution in [0.15, 0.2) is 42.7 Å². The van der Waals surface area contributed by atoms with Gasteiger partial charge in [-0.2, -0.15) is 0 Å². The molecule has 2 aromatic heterocycles. The first-order valence-corrected chi connectivity index (χ1v) is 9.08. The smallest absolute Gasteiger partial charge is 0.267 e. The minimum atomic E-state index is -0.0860. The minimum Gasteiger partial charge on any atom is -0.321 e. The van der Waals surface area contributed by atoms with Gasteiger partial charge < -0.3 is 5.32 Å². The Hall–Kier alpha value is -2.53. The number of nitrogens with one attached hydrogen (secondary N) is 1. The van der Waals surface area contributed by atoms with Crippen molar-refractivity contribution in [3.8, 4) is 0 Å². The van der Waals surface area contributed by atoms with Crippen molar-refractivity contribution in [3.05, 3.63) is 75.0 Å². The molecule has 5 heteroatoms. The number of carbonyl (C=O) groups excluding carboxylic acids is 1. The van der Waals surface area contributed by atoms with E-state index in [1.165, 1.54) is 22.5 Å². The summed E-state index contributed by atoms with van der Waals surface area (Å²) >= 11 is 1.48. The molecule has 0 saturated heterocycles. The maximum atomic E-state index is 12.6. The van der Waals surface area contributed by atoms with Crippen molar-refractivity contribution in [2.75, 3.05) is 5.32 Å². The molecule has 1 N–H and O–H groups in total. The molecule has 25 heavy (non-hydrogen) atoms. The van der Waals surface area contributed by atoms with Gasteiger partial charge in [0.25, 0.3) is 5.91 Å². The van der Waals surface area contributed by atoms with Crippen LogP contribution < -0.4 is 5.32 Å². The standard InChI is InChI=1S/C20H21N3OS/c1-13-4-6-17(14(2)12-13)23-20(24)19-15(3)22-18(25-19)7-5-16-8-10-21-11-9-16/h4,6,8-12H,5,7H2,1-3H3,(H,23,24). The Balaban J connectivity index is 1.70. The Morgan fingerprint density at radius 3 is 2.56 bits per heavy atom. The highest BCUT2D eigenvalue weighted by molar-refractivity contribution is 7.13. The number of hydrogen-bond acceptors (Lipinski definition) is 4. The Bertz CT molecular complexity index is 887. The molecule has 0 bridgehead atoms. The number of anilines is 1. The van der Waals surface area contributed by atoms with Gasteiger partial charge in [0, 0.05) is 24.5 Å². The van der Waals surface area contributed by atoms with E-state index in [-0.39, 0.29) is 5.91 Å². The lowest BCUT2D eigenvalue weighted by atomic mass is 10.1. The molecule has 1 amide bonds. The molecule has 2 heterocycles. The van der Waals surface area contributed by atoms with Crippen molar-refractivity contribution in [1.82, 2.24) is 9.97 Å². The maximum Gasteiger partial charge on any atom is 0.267 e. The molecule has 0 saturated carbocycles. The summed E-state index contributed by atoms with van der Waals surface area (Å²) in [7, 11) is 0. The van der Waals surface area contributed by atoms with Crippen LogP contribution in [-0.2, 0) is 12.8 Å². The first-order chi connectivity index (χ1) is 12.0. The first-order valence-electron chi connectivity index (χ1n) is 8.27. The fourth-order valence-corrected chi connectivity index (χ4v) is 3.66. The summed E-state index contributed by atoms with van der Waals surface area (Å²) in [5.41, 5.74) is 5.11. The quantitative estimate of drug-likeness (QED) is 0.736. The van der Waals surface area contributed by atoms with Crippen LogP contribution in [0.2, 0.25) is 0 Å². The molecule has 1 aromatic carbocycles. The number of nitrogens with zero attached hydrogens (tertiary/aromatic N) is 2. The second kappa shape index (κ2) is 7.57. The largest absolute Gasteiger partial charge is 0.321 e. The number of benzene rings is 1. The number of aromatic nitrogens is 2. The number of hydrogen-bond donors (Lipinski definition) is 1. The number of rotatable bonds is 5. The third kappa shape index (κ3) is 4.31. The second-order valence-corrected chi connectivity index (χ2v) is 7.23. The van der Waals surface area contributed by atoms with Gasteiger partial charge in [0.2, 0.25) is 0 Å². The number of amides is 1. The molecule has 0 fully saturated rings. The van der Waals surface area contributed by atoms with Crippen molar-refractivity contribution in [1.29, 1.82) is 0 Å². The van der Waals surface area contributed by atoms with E-state index in [4.69, 9.17) is 0 Å². The highest BCUT2D eigenvalue weighted by Crippen LogP contribution is 2.23. The molecule has 3 rings (SSSR count). The highest BCUT2D eigenvalue weighted by atomic mass is 32.1. The van der Waals surface area contributed by atoms with E-state index >= 15 is 0 Å². The van der Waals surface area contributed by atoms with E-state index in [2.05, 4.69) is 21.4 Å². The van der Waals surface area contributed by atoms with Crippen LogP contribution in [-0.4, -0.2) is 15.9 Å². The molecular formula is C20H21N3OS. The van der Waals surface area contributed by atoms with Gasteiger partial charge in [-0.1, -0.05) is 17.7 Å². The summed E-state index contributed by atoms with van der Waals surface area (Å²) in [5, 5.41) is 3.99. The van der Waals surface area contributed by atoms with E-state index < -0.39 is 0 Å². The summed E-state index contributed by atoms with van der Waals surface area (Å²) in [6, 6.07) is 10.0. The van der Waals surface area contributed by atoms with Crippen LogP contribution in [0.1, 0.15) is 37.1 Å². The van der Waals surface area contributed by atoms with E-state index in [1.807, 2.05) is 45.0 Å². The Morgan fingerprint density at radius 1 is 1.08 bits per heavy atom. The average molecular weight is 351 g/mol. The fraction of sp³-hybridized carbons (Fsp3) is 0.250. The summed E-state index contributed by atoms with van der Waals surface area (Å²) < 4.78 is 0. The lowest BCUT2D eigenvalue weighted by Crippen LogP contribution is -2.12. The van der Waals surface area contributed by atoms with Crippen LogP contribution in [0.3, 0.4) is 0 Å². The Morgan fingerprint density at radius 2 is 1.84 bits per heavy atom. The summed E-state index contributed by atoms with van der Waals surface area (Å²) in [5.74, 6) is -0.0860. The predicted molar refractivity (Wildman–Crippen MR) is 102 cm³/mol. The predicted octanol–water partition coefficient (Wildman–Crippen LogP) is 4.50. The first kappa shape index (κ1) is 17.3. The molecule has 0 atom stereocenters. The Kier molecular flexibility index (Phi) is 5.24. The zero-order valence-corrected chi connectivity index (χ0v) is 15.5. The molecule has 128 valence electrons. The monoisotopic (exact) mass is 351 g/mol. The normalized spacial score (nSPS) is 10.7. The lowest BCUT2D eigenvalue weighted by Gasteiger charge is -2.08. The van der Waals surface area contributed by atoms with Crippen molar-refractivity contribution < 1.29 is 4.79 Å². The van der Waals surface area contributed by atoms with Crippen molar-refractivity contribution in [2.24, 2.45) is 0 Å². The molecule has 0 radical (unpaired) electrons. The molecular weight excluding hydrogens is 330 g/mol. The van der Waals surface area contributed by atoms with Gasteiger partial charge in [0.1, 0.15) is 4.88 Å². The molecule has 3 aromatic rings. The van der Waals surface area contributed by atoms with Gasteiger partial charge in [0.15, 0.2) is 0 Å². The molecule has 0 spiro atoms. The summed E-state index contributed by atoms with van der Waals surface area (Å²) in [6.07, 6.45) is 5.32. The molecule has 4 nitrogen and oxygen atoms in total. The van der Waals surface area contributed by atoms with Crippen molar-refractivity contribution >= 4 is 22.9 Å². The topological polar surface area (TPSA) is 54.9 Å². The second-order valence-electron chi connectivity index (χ2n) is 6.15. The number of pyridine rings is 1. The molecule has 0 unspecified atom stereocenters. The number of thiazole rings is 1. The van der Waals surface area contributed by atoms with E-state index in [9.17, 15) is 4.79 Å². The number of carbonyl (C=O) groups is 1. The molecule has 0 aliphatic carbocycles. The van der Waals surface area contributed by atoms with Gasteiger partial charge in [-0.25, -0.2) is 4.98 Å². The van der Waals surface area contributed by atoms with Gasteiger partial charge >= 0.3 is 0 Å². The van der Waals surface area contributed by atoms with Crippen molar-refractivity contribution in [2.45, 2.75) is 33.6 Å². The maximum absolute atomic E-state index is 12.6. The van der Waals surface area contributed by atoms with Crippen LogP contribution in [0, 0.1) is 20.8 Å². The average Bonchev–Trinajstić information content (AvgIpc) is 2.97. The van der Waals surface area contributed by atoms with Gasteiger partial charge in [-0.15, -0.1) is 11.3 Å². The third-order valence-electron chi connectivity index (χ3n) is 4.05. The minimum absolute atomic E-state index is 0.0860. The fourth-order valence-electron chi connectivity index (χ4n) is 2.70. The van der Waals surface area contributed by atoms with Gasteiger partial charge in [-0.3, -0.25) is 9.78 Å². The van der Waals surface area contributed by atoms with Crippen LogP contribution in [0.4, 0.5) is 5.69 Å². The van der Waals surface area contributed by atoms with Crippen LogP contribution in [0.5, 0.6) is 0 Å². The molecule has 0 aliphatic heterocycles. The summed E-state index contributed by atoms with van der Waals surface area (Å²) in [4.78, 5) is 21.9. The molecule has 0 aliphatic rings. The third-order valence-corrected chi connectivity index (χ3v) is 5.27. The zero-order chi connectivity index (χ0) is 17.8. The number of aryl methyl sites for hydroxylation is 5. The van der Waals surface area contributed by atoms with Gasteiger partial charge in [-0.05, 0) is 56.5 Å². The van der Waals surface area contributed by atoms with Gasteiger partial charge in [0.05, 0.1) is 10.7 Å². The van der Waals surface area contributed by atoms with E-state index in [1.54, 1.807) is 12.4 Å². The SMILES string of the molecule is Cc1ccc(NC(=O)c2sc(CCc3ccncc3)nc2C)c(C)c1.